The van der Waals surface area contributed by atoms with Crippen LogP contribution in [-0.4, -0.2) is 23.5 Å². The molecule has 8 heteroatoms. The average molecular weight is 414 g/mol. The molecule has 156 valence electrons. The van der Waals surface area contributed by atoms with Gasteiger partial charge in [-0.25, -0.2) is 13.8 Å². The van der Waals surface area contributed by atoms with Crippen LogP contribution >= 0.6 is 0 Å². The number of ether oxygens (including phenoxy) is 1. The molecule has 1 heterocycles. The van der Waals surface area contributed by atoms with Gasteiger partial charge in [0.25, 0.3) is 5.91 Å². The Morgan fingerprint density at radius 3 is 2.73 bits per heavy atom. The lowest BCUT2D eigenvalue weighted by Crippen LogP contribution is -2.21. The molecule has 0 aliphatic heterocycles. The first kappa shape index (κ1) is 21.2. The van der Waals surface area contributed by atoms with Crippen molar-refractivity contribution in [3.05, 3.63) is 71.8 Å². The van der Waals surface area contributed by atoms with E-state index in [1.54, 1.807) is 6.07 Å². The summed E-state index contributed by atoms with van der Waals surface area (Å²) in [6.45, 7) is 1.57. The van der Waals surface area contributed by atoms with Crippen LogP contribution < -0.4 is 5.32 Å². The number of anilines is 1. The lowest BCUT2D eigenvalue weighted by atomic mass is 10.1. The Kier molecular flexibility index (Phi) is 6.90. The van der Waals surface area contributed by atoms with Crippen molar-refractivity contribution in [1.29, 1.82) is 0 Å². The van der Waals surface area contributed by atoms with E-state index in [0.29, 0.717) is 5.69 Å². The molecule has 0 saturated heterocycles. The number of carbonyl (C=O) groups is 2. The Morgan fingerprint density at radius 2 is 1.97 bits per heavy atom. The zero-order valence-electron chi connectivity index (χ0n) is 16.3. The number of benzene rings is 2. The van der Waals surface area contributed by atoms with Crippen LogP contribution in [0.15, 0.2) is 53.1 Å². The number of hydrogen-bond acceptors (Lipinski definition) is 5. The average Bonchev–Trinajstić information content (AvgIpc) is 3.20. The van der Waals surface area contributed by atoms with Crippen LogP contribution in [0.4, 0.5) is 14.5 Å². The summed E-state index contributed by atoms with van der Waals surface area (Å²) in [7, 11) is 0. The van der Waals surface area contributed by atoms with Gasteiger partial charge in [0.1, 0.15) is 11.6 Å². The van der Waals surface area contributed by atoms with E-state index in [2.05, 4.69) is 10.3 Å². The maximum atomic E-state index is 13.8. The lowest BCUT2D eigenvalue weighted by Gasteiger charge is -2.09. The predicted molar refractivity (Wildman–Crippen MR) is 106 cm³/mol. The van der Waals surface area contributed by atoms with Crippen molar-refractivity contribution in [1.82, 2.24) is 4.98 Å². The van der Waals surface area contributed by atoms with Gasteiger partial charge in [-0.3, -0.25) is 9.59 Å². The van der Waals surface area contributed by atoms with Crippen molar-refractivity contribution in [2.45, 2.75) is 26.2 Å². The second-order valence-electron chi connectivity index (χ2n) is 6.46. The Labute approximate surface area is 171 Å². The monoisotopic (exact) mass is 414 g/mol. The van der Waals surface area contributed by atoms with Crippen LogP contribution in [0.3, 0.4) is 0 Å². The third kappa shape index (κ3) is 5.50. The minimum Gasteiger partial charge on any atom is -0.456 e. The zero-order valence-corrected chi connectivity index (χ0v) is 16.3. The summed E-state index contributed by atoms with van der Waals surface area (Å²) in [4.78, 5) is 27.9. The molecular formula is C22H20F2N2O4. The van der Waals surface area contributed by atoms with Crippen LogP contribution in [0.5, 0.6) is 0 Å². The van der Waals surface area contributed by atoms with Gasteiger partial charge in [0.05, 0.1) is 18.2 Å². The van der Waals surface area contributed by atoms with Gasteiger partial charge >= 0.3 is 5.97 Å². The van der Waals surface area contributed by atoms with E-state index < -0.39 is 30.1 Å². The van der Waals surface area contributed by atoms with Crippen molar-refractivity contribution < 1.29 is 27.5 Å². The standard InChI is InChI=1S/C22H20F2N2O4/c1-2-14-5-3-4-6-18(14)26-20(27)13-29-22(28)10-9-21-25-12-19(30-21)16-8-7-15(23)11-17(16)24/h3-8,11-12H,2,9-10,13H2,1H3,(H,26,27). The topological polar surface area (TPSA) is 81.4 Å². The number of aromatic nitrogens is 1. The van der Waals surface area contributed by atoms with Crippen molar-refractivity contribution in [3.63, 3.8) is 0 Å². The number of halogens is 2. The molecule has 0 radical (unpaired) electrons. The quantitative estimate of drug-likeness (QED) is 0.556. The number of oxazole rings is 1. The van der Waals surface area contributed by atoms with Gasteiger partial charge in [0.2, 0.25) is 0 Å². The fourth-order valence-corrected chi connectivity index (χ4v) is 2.80. The smallest absolute Gasteiger partial charge is 0.306 e. The first-order valence-electron chi connectivity index (χ1n) is 9.39. The summed E-state index contributed by atoms with van der Waals surface area (Å²) >= 11 is 0. The van der Waals surface area contributed by atoms with Crippen LogP contribution in [-0.2, 0) is 27.2 Å². The molecule has 0 saturated carbocycles. The minimum atomic E-state index is -0.771. The summed E-state index contributed by atoms with van der Waals surface area (Å²) in [5, 5.41) is 2.71. The van der Waals surface area contributed by atoms with Crippen LogP contribution in [0.25, 0.3) is 11.3 Å². The second-order valence-corrected chi connectivity index (χ2v) is 6.46. The Balaban J connectivity index is 1.47. The Hall–Kier alpha value is -3.55. The number of nitrogens with zero attached hydrogens (tertiary/aromatic N) is 1. The first-order chi connectivity index (χ1) is 14.5. The number of esters is 1. The number of carbonyl (C=O) groups excluding carboxylic acids is 2. The van der Waals surface area contributed by atoms with E-state index in [0.717, 1.165) is 24.1 Å². The highest BCUT2D eigenvalue weighted by molar-refractivity contribution is 5.93. The van der Waals surface area contributed by atoms with Gasteiger partial charge < -0.3 is 14.5 Å². The van der Waals surface area contributed by atoms with Gasteiger partial charge in [-0.2, -0.15) is 0 Å². The van der Waals surface area contributed by atoms with Crippen molar-refractivity contribution in [3.8, 4) is 11.3 Å². The van der Waals surface area contributed by atoms with E-state index in [1.807, 2.05) is 25.1 Å². The molecule has 3 aromatic rings. The molecule has 0 spiro atoms. The van der Waals surface area contributed by atoms with Crippen molar-refractivity contribution in [2.75, 3.05) is 11.9 Å². The molecule has 6 nitrogen and oxygen atoms in total. The molecule has 1 N–H and O–H groups in total. The molecule has 0 unspecified atom stereocenters. The van der Waals surface area contributed by atoms with Crippen LogP contribution in [0, 0.1) is 11.6 Å². The molecule has 0 fully saturated rings. The second kappa shape index (κ2) is 9.78. The molecule has 0 atom stereocenters. The fourth-order valence-electron chi connectivity index (χ4n) is 2.80. The molecular weight excluding hydrogens is 394 g/mol. The van der Waals surface area contributed by atoms with Crippen LogP contribution in [0.1, 0.15) is 24.8 Å². The molecule has 0 bridgehead atoms. The first-order valence-corrected chi connectivity index (χ1v) is 9.39. The third-order valence-corrected chi connectivity index (χ3v) is 4.33. The highest BCUT2D eigenvalue weighted by atomic mass is 19.1. The zero-order chi connectivity index (χ0) is 21.5. The molecule has 1 aromatic heterocycles. The largest absolute Gasteiger partial charge is 0.456 e. The number of rotatable bonds is 8. The van der Waals surface area contributed by atoms with Gasteiger partial charge in [-0.05, 0) is 30.2 Å². The number of aryl methyl sites for hydroxylation is 2. The maximum Gasteiger partial charge on any atom is 0.306 e. The van der Waals surface area contributed by atoms with E-state index in [4.69, 9.17) is 9.15 Å². The summed E-state index contributed by atoms with van der Waals surface area (Å²) in [6.07, 6.45) is 2.11. The van der Waals surface area contributed by atoms with Crippen LogP contribution in [0.2, 0.25) is 0 Å². The number of hydrogen-bond donors (Lipinski definition) is 1. The summed E-state index contributed by atoms with van der Waals surface area (Å²) in [5.41, 5.74) is 1.73. The summed E-state index contributed by atoms with van der Waals surface area (Å²) in [6, 6.07) is 10.5. The lowest BCUT2D eigenvalue weighted by molar-refractivity contribution is -0.147. The fraction of sp³-hybridized carbons (Fsp3) is 0.227. The van der Waals surface area contributed by atoms with Gasteiger partial charge in [-0.1, -0.05) is 25.1 Å². The third-order valence-electron chi connectivity index (χ3n) is 4.33. The molecule has 2 aromatic carbocycles. The molecule has 30 heavy (non-hydrogen) atoms. The highest BCUT2D eigenvalue weighted by Crippen LogP contribution is 2.24. The van der Waals surface area contributed by atoms with E-state index >= 15 is 0 Å². The van der Waals surface area contributed by atoms with Gasteiger partial charge in [0.15, 0.2) is 18.3 Å². The number of nitrogens with one attached hydrogen (secondary N) is 1. The van der Waals surface area contributed by atoms with E-state index in [9.17, 15) is 18.4 Å². The SMILES string of the molecule is CCc1ccccc1NC(=O)COC(=O)CCc1ncc(-c2ccc(F)cc2F)o1. The Morgan fingerprint density at radius 1 is 1.17 bits per heavy atom. The highest BCUT2D eigenvalue weighted by Gasteiger charge is 2.14. The van der Waals surface area contributed by atoms with E-state index in [1.165, 1.54) is 12.3 Å². The predicted octanol–water partition coefficient (Wildman–Crippen LogP) is 4.30. The van der Waals surface area contributed by atoms with Gasteiger partial charge in [0, 0.05) is 18.2 Å². The minimum absolute atomic E-state index is 0.0648. The normalized spacial score (nSPS) is 10.6. The van der Waals surface area contributed by atoms with Gasteiger partial charge in [-0.15, -0.1) is 0 Å². The summed E-state index contributed by atoms with van der Waals surface area (Å²) in [5.74, 6) is -2.17. The summed E-state index contributed by atoms with van der Waals surface area (Å²) < 4.78 is 37.2. The van der Waals surface area contributed by atoms with E-state index in [-0.39, 0.29) is 30.1 Å². The number of para-hydroxylation sites is 1. The van der Waals surface area contributed by atoms with Crippen molar-refractivity contribution >= 4 is 17.6 Å². The molecule has 0 aliphatic carbocycles. The molecule has 1 amide bonds. The molecule has 3 rings (SSSR count). The maximum absolute atomic E-state index is 13.8. The Bertz CT molecular complexity index is 1050. The van der Waals surface area contributed by atoms with Crippen molar-refractivity contribution in [2.24, 2.45) is 0 Å². The molecule has 0 aliphatic rings. The number of amides is 1.